The van der Waals surface area contributed by atoms with Crippen molar-refractivity contribution in [2.24, 2.45) is 11.7 Å². The number of pyridine rings is 1. The first-order valence-electron chi connectivity index (χ1n) is 8.56. The molecule has 3 N–H and O–H groups in total. The van der Waals surface area contributed by atoms with Gasteiger partial charge in [0.15, 0.2) is 0 Å². The van der Waals surface area contributed by atoms with Gasteiger partial charge in [0, 0.05) is 19.2 Å². The van der Waals surface area contributed by atoms with Crippen molar-refractivity contribution in [3.8, 4) is 0 Å². The van der Waals surface area contributed by atoms with Gasteiger partial charge in [0.2, 0.25) is 0 Å². The molecule has 1 atom stereocenters. The summed E-state index contributed by atoms with van der Waals surface area (Å²) < 4.78 is 10.1. The number of rotatable bonds is 9. The fourth-order valence-electron chi connectivity index (χ4n) is 2.40. The standard InChI is InChI=1S/C18H28ClN3O4/c1-18(2,3)26-16(23)6-5-12(7-8-20)10-21-14-9-15(19)22-11-13(14)17(24)25-4/h9,11-12H,5-8,10,20H2,1-4H3,(H,21,22). The Balaban J connectivity index is 2.70. The number of hydrogen-bond donors (Lipinski definition) is 2. The van der Waals surface area contributed by atoms with E-state index in [-0.39, 0.29) is 17.0 Å². The van der Waals surface area contributed by atoms with Crippen LogP contribution in [-0.4, -0.2) is 42.7 Å². The van der Waals surface area contributed by atoms with Gasteiger partial charge in [-0.05, 0) is 52.1 Å². The third kappa shape index (κ3) is 8.01. The number of nitrogens with zero attached hydrogens (tertiary/aromatic N) is 1. The number of carbonyl (C=O) groups is 2. The summed E-state index contributed by atoms with van der Waals surface area (Å²) in [7, 11) is 1.30. The number of halogens is 1. The Labute approximate surface area is 159 Å². The van der Waals surface area contributed by atoms with E-state index < -0.39 is 11.6 Å². The van der Waals surface area contributed by atoms with Crippen molar-refractivity contribution in [1.29, 1.82) is 0 Å². The molecule has 0 aliphatic rings. The molecule has 0 amide bonds. The minimum atomic E-state index is -0.499. The fourth-order valence-corrected chi connectivity index (χ4v) is 2.56. The van der Waals surface area contributed by atoms with E-state index in [1.807, 2.05) is 20.8 Å². The lowest BCUT2D eigenvalue weighted by Gasteiger charge is -2.21. The van der Waals surface area contributed by atoms with E-state index in [1.165, 1.54) is 13.3 Å². The highest BCUT2D eigenvalue weighted by atomic mass is 35.5. The Hall–Kier alpha value is -1.86. The number of nitrogens with one attached hydrogen (secondary N) is 1. The first kappa shape index (κ1) is 22.2. The molecule has 1 unspecified atom stereocenters. The molecule has 0 aliphatic heterocycles. The van der Waals surface area contributed by atoms with E-state index in [9.17, 15) is 9.59 Å². The van der Waals surface area contributed by atoms with E-state index >= 15 is 0 Å². The maximum absolute atomic E-state index is 11.9. The molecule has 0 spiro atoms. The number of esters is 2. The zero-order chi connectivity index (χ0) is 19.7. The molecular formula is C18H28ClN3O4. The van der Waals surface area contributed by atoms with Crippen molar-refractivity contribution in [3.05, 3.63) is 23.0 Å². The van der Waals surface area contributed by atoms with Crippen LogP contribution < -0.4 is 11.1 Å². The Kier molecular flexibility index (Phi) is 8.81. The number of methoxy groups -OCH3 is 1. The predicted molar refractivity (Wildman–Crippen MR) is 101 cm³/mol. The minimum Gasteiger partial charge on any atom is -0.465 e. The van der Waals surface area contributed by atoms with Crippen LogP contribution in [0.5, 0.6) is 0 Å². The van der Waals surface area contributed by atoms with Crippen molar-refractivity contribution in [3.63, 3.8) is 0 Å². The van der Waals surface area contributed by atoms with Crippen molar-refractivity contribution in [2.75, 3.05) is 25.5 Å². The van der Waals surface area contributed by atoms with Gasteiger partial charge in [0.25, 0.3) is 0 Å². The van der Waals surface area contributed by atoms with E-state index in [4.69, 9.17) is 26.8 Å². The second kappa shape index (κ2) is 10.3. The molecule has 26 heavy (non-hydrogen) atoms. The second-order valence-corrected chi connectivity index (χ2v) is 7.38. The molecule has 1 aromatic heterocycles. The quantitative estimate of drug-likeness (QED) is 0.497. The summed E-state index contributed by atoms with van der Waals surface area (Å²) in [6.45, 7) is 6.55. The average molecular weight is 386 g/mol. The highest BCUT2D eigenvalue weighted by molar-refractivity contribution is 6.29. The monoisotopic (exact) mass is 385 g/mol. The van der Waals surface area contributed by atoms with Crippen molar-refractivity contribution in [1.82, 2.24) is 4.98 Å². The molecule has 0 saturated heterocycles. The van der Waals surface area contributed by atoms with Gasteiger partial charge in [0.1, 0.15) is 16.3 Å². The molecule has 1 aromatic rings. The summed E-state index contributed by atoms with van der Waals surface area (Å²) in [6.07, 6.45) is 3.05. The molecule has 0 aliphatic carbocycles. The number of carbonyl (C=O) groups excluding carboxylic acids is 2. The molecule has 1 rings (SSSR count). The largest absolute Gasteiger partial charge is 0.465 e. The molecule has 7 nitrogen and oxygen atoms in total. The van der Waals surface area contributed by atoms with Crippen LogP contribution in [0.15, 0.2) is 12.3 Å². The van der Waals surface area contributed by atoms with Crippen LogP contribution in [0.25, 0.3) is 0 Å². The number of nitrogens with two attached hydrogens (primary N) is 1. The zero-order valence-corrected chi connectivity index (χ0v) is 16.6. The molecule has 0 aromatic carbocycles. The maximum Gasteiger partial charge on any atom is 0.341 e. The smallest absolute Gasteiger partial charge is 0.341 e. The van der Waals surface area contributed by atoms with Gasteiger partial charge < -0.3 is 20.5 Å². The van der Waals surface area contributed by atoms with Crippen LogP contribution in [0, 0.1) is 5.92 Å². The van der Waals surface area contributed by atoms with Crippen LogP contribution in [-0.2, 0) is 14.3 Å². The van der Waals surface area contributed by atoms with E-state index in [2.05, 4.69) is 10.3 Å². The summed E-state index contributed by atoms with van der Waals surface area (Å²) in [5.41, 5.74) is 6.02. The lowest BCUT2D eigenvalue weighted by molar-refractivity contribution is -0.155. The molecule has 0 radical (unpaired) electrons. The second-order valence-electron chi connectivity index (χ2n) is 6.99. The molecule has 1 heterocycles. The summed E-state index contributed by atoms with van der Waals surface area (Å²) in [5, 5.41) is 3.46. The summed E-state index contributed by atoms with van der Waals surface area (Å²) in [5.74, 6) is -0.590. The van der Waals surface area contributed by atoms with Gasteiger partial charge in [-0.2, -0.15) is 0 Å². The first-order valence-corrected chi connectivity index (χ1v) is 8.93. The Morgan fingerprint density at radius 3 is 2.62 bits per heavy atom. The van der Waals surface area contributed by atoms with Gasteiger partial charge in [-0.25, -0.2) is 9.78 Å². The van der Waals surface area contributed by atoms with Crippen LogP contribution in [0.3, 0.4) is 0 Å². The van der Waals surface area contributed by atoms with Crippen LogP contribution in [0.2, 0.25) is 5.15 Å². The van der Waals surface area contributed by atoms with Crippen molar-refractivity contribution < 1.29 is 19.1 Å². The fraction of sp³-hybridized carbons (Fsp3) is 0.611. The van der Waals surface area contributed by atoms with Crippen LogP contribution in [0.4, 0.5) is 5.69 Å². The van der Waals surface area contributed by atoms with E-state index in [0.29, 0.717) is 37.2 Å². The lowest BCUT2D eigenvalue weighted by atomic mass is 9.99. The number of aromatic nitrogens is 1. The summed E-state index contributed by atoms with van der Waals surface area (Å²) in [4.78, 5) is 27.7. The van der Waals surface area contributed by atoms with Gasteiger partial charge in [-0.1, -0.05) is 11.6 Å². The minimum absolute atomic E-state index is 0.143. The Morgan fingerprint density at radius 2 is 2.04 bits per heavy atom. The predicted octanol–water partition coefficient (Wildman–Crippen LogP) is 3.02. The third-order valence-corrected chi connectivity index (χ3v) is 3.82. The van der Waals surface area contributed by atoms with Gasteiger partial charge in [-0.15, -0.1) is 0 Å². The van der Waals surface area contributed by atoms with Crippen LogP contribution >= 0.6 is 11.6 Å². The zero-order valence-electron chi connectivity index (χ0n) is 15.8. The topological polar surface area (TPSA) is 104 Å². The molecule has 0 saturated carbocycles. The highest BCUT2D eigenvalue weighted by Crippen LogP contribution is 2.21. The van der Waals surface area contributed by atoms with Crippen molar-refractivity contribution >= 4 is 29.2 Å². The average Bonchev–Trinajstić information content (AvgIpc) is 2.55. The summed E-state index contributed by atoms with van der Waals surface area (Å²) >= 11 is 5.92. The molecule has 8 heteroatoms. The van der Waals surface area contributed by atoms with E-state index in [1.54, 1.807) is 6.07 Å². The Bertz CT molecular complexity index is 617. The maximum atomic E-state index is 11.9. The third-order valence-electron chi connectivity index (χ3n) is 3.61. The number of ether oxygens (including phenoxy) is 2. The SMILES string of the molecule is COC(=O)c1cnc(Cl)cc1NCC(CCN)CCC(=O)OC(C)(C)C. The number of hydrogen-bond acceptors (Lipinski definition) is 7. The molecule has 0 bridgehead atoms. The van der Waals surface area contributed by atoms with Gasteiger partial charge in [0.05, 0.1) is 12.8 Å². The number of anilines is 1. The molecular weight excluding hydrogens is 358 g/mol. The normalized spacial score (nSPS) is 12.4. The van der Waals surface area contributed by atoms with E-state index in [0.717, 1.165) is 6.42 Å². The molecule has 0 fully saturated rings. The van der Waals surface area contributed by atoms with Crippen LogP contribution in [0.1, 0.15) is 50.4 Å². The lowest BCUT2D eigenvalue weighted by Crippen LogP contribution is -2.25. The van der Waals surface area contributed by atoms with Gasteiger partial charge in [-0.3, -0.25) is 4.79 Å². The highest BCUT2D eigenvalue weighted by Gasteiger charge is 2.19. The first-order chi connectivity index (χ1) is 12.2. The summed E-state index contributed by atoms with van der Waals surface area (Å²) in [6, 6.07) is 1.57. The van der Waals surface area contributed by atoms with Crippen molar-refractivity contribution in [2.45, 2.75) is 45.6 Å². The van der Waals surface area contributed by atoms with Gasteiger partial charge >= 0.3 is 11.9 Å². The Morgan fingerprint density at radius 1 is 1.35 bits per heavy atom. The molecule has 146 valence electrons.